The number of carbonyl (C=O) groups excluding carboxylic acids is 1. The second-order valence-corrected chi connectivity index (χ2v) is 7.08. The molecule has 0 saturated carbocycles. The molecule has 0 saturated heterocycles. The molecule has 32 heavy (non-hydrogen) atoms. The molecule has 1 aliphatic rings. The van der Waals surface area contributed by atoms with Crippen molar-refractivity contribution in [2.75, 3.05) is 27.1 Å². The number of rotatable bonds is 8. The van der Waals surface area contributed by atoms with Crippen molar-refractivity contribution in [3.05, 3.63) is 71.3 Å². The van der Waals surface area contributed by atoms with Crippen LogP contribution in [-0.4, -0.2) is 33.0 Å². The molecule has 1 aliphatic heterocycles. The van der Waals surface area contributed by atoms with E-state index in [-0.39, 0.29) is 18.9 Å². The van der Waals surface area contributed by atoms with E-state index in [0.29, 0.717) is 24.7 Å². The molecule has 3 aromatic rings. The summed E-state index contributed by atoms with van der Waals surface area (Å²) in [6, 6.07) is 18.8. The Kier molecular flexibility index (Phi) is 6.54. The Hall–Kier alpha value is -4.02. The van der Waals surface area contributed by atoms with E-state index in [1.165, 1.54) is 0 Å². The second kappa shape index (κ2) is 9.86. The minimum Gasteiger partial charge on any atom is -0.491 e. The Bertz CT molecular complexity index is 1210. The Labute approximate surface area is 185 Å². The van der Waals surface area contributed by atoms with Gasteiger partial charge in [-0.25, -0.2) is 0 Å². The van der Waals surface area contributed by atoms with Crippen LogP contribution >= 0.6 is 0 Å². The van der Waals surface area contributed by atoms with Crippen molar-refractivity contribution in [1.82, 2.24) is 5.32 Å². The molecule has 0 unspecified atom stereocenters. The van der Waals surface area contributed by atoms with Crippen molar-refractivity contribution in [3.63, 3.8) is 0 Å². The summed E-state index contributed by atoms with van der Waals surface area (Å²) in [7, 11) is 1.62. The number of hydrogen-bond donors (Lipinski definition) is 1. The van der Waals surface area contributed by atoms with E-state index in [9.17, 15) is 10.1 Å². The Morgan fingerprint density at radius 2 is 1.91 bits per heavy atom. The first-order chi connectivity index (χ1) is 15.7. The molecule has 7 nitrogen and oxygen atoms in total. The first-order valence-corrected chi connectivity index (χ1v) is 10.1. The monoisotopic (exact) mass is 430 g/mol. The fraction of sp³-hybridized carbons (Fsp3) is 0.200. The Morgan fingerprint density at radius 1 is 1.09 bits per heavy atom. The number of carbonyl (C=O) groups is 1. The first-order valence-electron chi connectivity index (χ1n) is 10.1. The quantitative estimate of drug-likeness (QED) is 0.332. The zero-order valence-corrected chi connectivity index (χ0v) is 17.6. The van der Waals surface area contributed by atoms with Crippen LogP contribution in [-0.2, 0) is 16.1 Å². The number of nitrogens with one attached hydrogen (secondary N) is 1. The molecule has 0 aliphatic carbocycles. The number of amides is 1. The summed E-state index contributed by atoms with van der Waals surface area (Å²) < 4.78 is 21.5. The molecule has 1 N–H and O–H groups in total. The summed E-state index contributed by atoms with van der Waals surface area (Å²) in [6.07, 6.45) is 1.59. The SMILES string of the molecule is COCCOc1ccc(/C=C(\C#N)C(=O)NCc2ccc3c(c2)OCO3)c2ccccc12. The van der Waals surface area contributed by atoms with E-state index in [1.54, 1.807) is 19.3 Å². The Morgan fingerprint density at radius 3 is 2.72 bits per heavy atom. The summed E-state index contributed by atoms with van der Waals surface area (Å²) in [5.41, 5.74) is 1.63. The van der Waals surface area contributed by atoms with Crippen LogP contribution in [0.2, 0.25) is 0 Å². The predicted octanol–water partition coefficient (Wildman–Crippen LogP) is 3.82. The normalized spacial score (nSPS) is 12.4. The van der Waals surface area contributed by atoms with Crippen LogP contribution < -0.4 is 19.5 Å². The van der Waals surface area contributed by atoms with Gasteiger partial charge in [0.25, 0.3) is 5.91 Å². The van der Waals surface area contributed by atoms with Gasteiger partial charge < -0.3 is 24.3 Å². The van der Waals surface area contributed by atoms with E-state index >= 15 is 0 Å². The lowest BCUT2D eigenvalue weighted by atomic mass is 10.0. The molecule has 0 fully saturated rings. The molecular weight excluding hydrogens is 408 g/mol. The zero-order chi connectivity index (χ0) is 22.3. The molecule has 0 spiro atoms. The number of nitriles is 1. The van der Waals surface area contributed by atoms with Crippen molar-refractivity contribution in [2.45, 2.75) is 6.54 Å². The van der Waals surface area contributed by atoms with Gasteiger partial charge in [-0.1, -0.05) is 36.4 Å². The third-order valence-corrected chi connectivity index (χ3v) is 5.02. The van der Waals surface area contributed by atoms with Crippen molar-refractivity contribution >= 4 is 22.8 Å². The van der Waals surface area contributed by atoms with Gasteiger partial charge >= 0.3 is 0 Å². The van der Waals surface area contributed by atoms with E-state index in [0.717, 1.165) is 27.6 Å². The van der Waals surface area contributed by atoms with Crippen molar-refractivity contribution in [3.8, 4) is 23.3 Å². The molecule has 0 bridgehead atoms. The lowest BCUT2D eigenvalue weighted by Gasteiger charge is -2.11. The highest BCUT2D eigenvalue weighted by atomic mass is 16.7. The Balaban J connectivity index is 1.53. The molecule has 7 heteroatoms. The minimum absolute atomic E-state index is 0.0175. The fourth-order valence-electron chi connectivity index (χ4n) is 3.41. The average Bonchev–Trinajstić information content (AvgIpc) is 3.30. The van der Waals surface area contributed by atoms with Gasteiger partial charge in [-0.2, -0.15) is 5.26 Å². The topological polar surface area (TPSA) is 89.8 Å². The lowest BCUT2D eigenvalue weighted by molar-refractivity contribution is -0.117. The van der Waals surface area contributed by atoms with Crippen LogP contribution in [0.3, 0.4) is 0 Å². The average molecular weight is 430 g/mol. The molecule has 1 amide bonds. The van der Waals surface area contributed by atoms with Crippen LogP contribution in [0.4, 0.5) is 0 Å². The molecule has 0 aromatic heterocycles. The van der Waals surface area contributed by atoms with Crippen LogP contribution in [0, 0.1) is 11.3 Å². The highest BCUT2D eigenvalue weighted by Gasteiger charge is 2.15. The van der Waals surface area contributed by atoms with Gasteiger partial charge in [-0.05, 0) is 40.8 Å². The number of hydrogen-bond acceptors (Lipinski definition) is 6. The van der Waals surface area contributed by atoms with Crippen LogP contribution in [0.1, 0.15) is 11.1 Å². The van der Waals surface area contributed by atoms with Gasteiger partial charge in [0.2, 0.25) is 6.79 Å². The van der Waals surface area contributed by atoms with Gasteiger partial charge in [0.1, 0.15) is 24.0 Å². The summed E-state index contributed by atoms with van der Waals surface area (Å²) in [4.78, 5) is 12.7. The van der Waals surface area contributed by atoms with Crippen LogP contribution in [0.5, 0.6) is 17.2 Å². The van der Waals surface area contributed by atoms with Gasteiger partial charge in [-0.3, -0.25) is 4.79 Å². The molecule has 0 radical (unpaired) electrons. The predicted molar refractivity (Wildman–Crippen MR) is 119 cm³/mol. The number of methoxy groups -OCH3 is 1. The maximum absolute atomic E-state index is 12.7. The minimum atomic E-state index is -0.449. The number of fused-ring (bicyclic) bond motifs is 2. The molecule has 0 atom stereocenters. The van der Waals surface area contributed by atoms with E-state index in [2.05, 4.69) is 5.32 Å². The van der Waals surface area contributed by atoms with Crippen LogP contribution in [0.25, 0.3) is 16.8 Å². The van der Waals surface area contributed by atoms with Gasteiger partial charge in [-0.15, -0.1) is 0 Å². The van der Waals surface area contributed by atoms with Gasteiger partial charge in [0.05, 0.1) is 6.61 Å². The standard InChI is InChI=1S/C25H22N2O5/c1-29-10-11-30-22-9-7-18(20-4-2-3-5-21(20)22)13-19(14-26)25(28)27-15-17-6-8-23-24(12-17)32-16-31-23/h2-9,12-13H,10-11,15-16H2,1H3,(H,27,28)/b19-13+. The number of nitrogens with zero attached hydrogens (tertiary/aromatic N) is 1. The largest absolute Gasteiger partial charge is 0.491 e. The van der Waals surface area contributed by atoms with E-state index in [1.807, 2.05) is 54.6 Å². The molecule has 1 heterocycles. The highest BCUT2D eigenvalue weighted by molar-refractivity contribution is 6.04. The molecule has 4 rings (SSSR count). The maximum Gasteiger partial charge on any atom is 0.262 e. The first kappa shape index (κ1) is 21.2. The molecule has 3 aromatic carbocycles. The summed E-state index contributed by atoms with van der Waals surface area (Å²) >= 11 is 0. The van der Waals surface area contributed by atoms with Crippen molar-refractivity contribution in [1.29, 1.82) is 5.26 Å². The molecular formula is C25H22N2O5. The third-order valence-electron chi connectivity index (χ3n) is 5.02. The fourth-order valence-corrected chi connectivity index (χ4v) is 3.41. The van der Waals surface area contributed by atoms with Crippen molar-refractivity contribution < 1.29 is 23.7 Å². The smallest absolute Gasteiger partial charge is 0.262 e. The lowest BCUT2D eigenvalue weighted by Crippen LogP contribution is -2.23. The number of benzene rings is 3. The number of ether oxygens (including phenoxy) is 4. The highest BCUT2D eigenvalue weighted by Crippen LogP contribution is 2.32. The molecule has 162 valence electrons. The summed E-state index contributed by atoms with van der Waals surface area (Å²) in [6.45, 7) is 1.37. The van der Waals surface area contributed by atoms with E-state index in [4.69, 9.17) is 18.9 Å². The van der Waals surface area contributed by atoms with Gasteiger partial charge in [0, 0.05) is 19.0 Å². The zero-order valence-electron chi connectivity index (χ0n) is 17.6. The summed E-state index contributed by atoms with van der Waals surface area (Å²) in [5, 5.41) is 14.2. The maximum atomic E-state index is 12.7. The summed E-state index contributed by atoms with van der Waals surface area (Å²) in [5.74, 6) is 1.60. The van der Waals surface area contributed by atoms with Gasteiger partial charge in [0.15, 0.2) is 11.5 Å². The van der Waals surface area contributed by atoms with Crippen LogP contribution in [0.15, 0.2) is 60.2 Å². The van der Waals surface area contributed by atoms with Crippen molar-refractivity contribution in [2.24, 2.45) is 0 Å². The third kappa shape index (κ3) is 4.66. The second-order valence-electron chi connectivity index (χ2n) is 7.08. The van der Waals surface area contributed by atoms with E-state index < -0.39 is 5.91 Å².